The van der Waals surface area contributed by atoms with Crippen molar-refractivity contribution in [3.63, 3.8) is 0 Å². The van der Waals surface area contributed by atoms with Gasteiger partial charge in [-0.15, -0.1) is 0 Å². The molecule has 1 unspecified atom stereocenters. The van der Waals surface area contributed by atoms with Crippen LogP contribution in [0.1, 0.15) is 23.3 Å². The SMILES string of the molecule is O=C(NCC1CCCS1(=O)=O)c1cc(S(=O)(=O)Cl)c[nH]1. The summed E-state index contributed by atoms with van der Waals surface area (Å²) in [7, 11) is -1.89. The molecule has 0 saturated carbocycles. The Balaban J connectivity index is 2.01. The first-order chi connectivity index (χ1) is 9.20. The van der Waals surface area contributed by atoms with E-state index in [0.29, 0.717) is 12.8 Å². The van der Waals surface area contributed by atoms with Crippen LogP contribution in [0.5, 0.6) is 0 Å². The zero-order chi connectivity index (χ0) is 15.0. The number of hydrogen-bond acceptors (Lipinski definition) is 5. The minimum atomic E-state index is -3.90. The fraction of sp³-hybridized carbons (Fsp3) is 0.500. The van der Waals surface area contributed by atoms with Gasteiger partial charge in [-0.2, -0.15) is 0 Å². The molecule has 7 nitrogen and oxygen atoms in total. The summed E-state index contributed by atoms with van der Waals surface area (Å²) in [4.78, 5) is 14.1. The molecule has 20 heavy (non-hydrogen) atoms. The van der Waals surface area contributed by atoms with Crippen LogP contribution >= 0.6 is 10.7 Å². The van der Waals surface area contributed by atoms with Gasteiger partial charge in [0.2, 0.25) is 0 Å². The van der Waals surface area contributed by atoms with Gasteiger partial charge in [-0.05, 0) is 18.9 Å². The summed E-state index contributed by atoms with van der Waals surface area (Å²) in [6.07, 6.45) is 2.22. The zero-order valence-corrected chi connectivity index (χ0v) is 12.7. The molecule has 2 N–H and O–H groups in total. The average Bonchev–Trinajstić information content (AvgIpc) is 2.91. The van der Waals surface area contributed by atoms with Gasteiger partial charge in [-0.25, -0.2) is 16.8 Å². The highest BCUT2D eigenvalue weighted by Gasteiger charge is 2.31. The third kappa shape index (κ3) is 3.33. The van der Waals surface area contributed by atoms with Gasteiger partial charge in [0.15, 0.2) is 9.84 Å². The molecule has 1 atom stereocenters. The Labute approximate surface area is 121 Å². The molecule has 0 spiro atoms. The molecule has 0 bridgehead atoms. The third-order valence-corrected chi connectivity index (χ3v) is 6.74. The van der Waals surface area contributed by atoms with Gasteiger partial charge in [0.05, 0.1) is 11.0 Å². The molecule has 2 heterocycles. The predicted molar refractivity (Wildman–Crippen MR) is 73.0 cm³/mol. The van der Waals surface area contributed by atoms with Gasteiger partial charge in [-0.1, -0.05) is 0 Å². The van der Waals surface area contributed by atoms with E-state index in [0.717, 1.165) is 12.3 Å². The van der Waals surface area contributed by atoms with Gasteiger partial charge < -0.3 is 10.3 Å². The van der Waals surface area contributed by atoms with E-state index < -0.39 is 30.0 Å². The quantitative estimate of drug-likeness (QED) is 0.763. The minimum Gasteiger partial charge on any atom is -0.356 e. The summed E-state index contributed by atoms with van der Waals surface area (Å²) >= 11 is 0. The lowest BCUT2D eigenvalue weighted by Gasteiger charge is -2.09. The molecule has 0 aromatic carbocycles. The van der Waals surface area contributed by atoms with Crippen LogP contribution in [-0.4, -0.2) is 45.3 Å². The second-order valence-corrected chi connectivity index (χ2v) is 9.49. The monoisotopic (exact) mass is 340 g/mol. The van der Waals surface area contributed by atoms with Crippen molar-refractivity contribution in [1.29, 1.82) is 0 Å². The van der Waals surface area contributed by atoms with Crippen molar-refractivity contribution >= 4 is 35.5 Å². The van der Waals surface area contributed by atoms with Crippen molar-refractivity contribution in [2.45, 2.75) is 23.0 Å². The fourth-order valence-corrected chi connectivity index (χ4v) is 4.53. The smallest absolute Gasteiger partial charge is 0.267 e. The molecule has 1 fully saturated rings. The Morgan fingerprint density at radius 2 is 2.20 bits per heavy atom. The molecule has 10 heteroatoms. The van der Waals surface area contributed by atoms with E-state index in [2.05, 4.69) is 10.3 Å². The van der Waals surface area contributed by atoms with E-state index in [4.69, 9.17) is 10.7 Å². The van der Waals surface area contributed by atoms with Crippen molar-refractivity contribution < 1.29 is 21.6 Å². The second-order valence-electron chi connectivity index (χ2n) is 4.53. The highest BCUT2D eigenvalue weighted by Crippen LogP contribution is 2.19. The third-order valence-electron chi connectivity index (χ3n) is 3.14. The maximum atomic E-state index is 11.8. The lowest BCUT2D eigenvalue weighted by atomic mass is 10.2. The van der Waals surface area contributed by atoms with Crippen LogP contribution < -0.4 is 5.32 Å². The molecular weight excluding hydrogens is 328 g/mol. The number of amides is 1. The Kier molecular flexibility index (Phi) is 4.12. The van der Waals surface area contributed by atoms with Crippen LogP contribution in [0, 0.1) is 0 Å². The van der Waals surface area contributed by atoms with Crippen LogP contribution in [0.2, 0.25) is 0 Å². The normalized spacial score (nSPS) is 21.8. The van der Waals surface area contributed by atoms with Crippen molar-refractivity contribution in [3.8, 4) is 0 Å². The van der Waals surface area contributed by atoms with E-state index in [-0.39, 0.29) is 22.9 Å². The molecule has 1 saturated heterocycles. The summed E-state index contributed by atoms with van der Waals surface area (Å²) in [5.74, 6) is -0.427. The number of carbonyl (C=O) groups excluding carboxylic acids is 1. The van der Waals surface area contributed by atoms with Gasteiger partial charge in [0.1, 0.15) is 10.6 Å². The van der Waals surface area contributed by atoms with E-state index in [1.54, 1.807) is 0 Å². The number of aromatic amines is 1. The molecule has 0 radical (unpaired) electrons. The average molecular weight is 341 g/mol. The number of carbonyl (C=O) groups is 1. The lowest BCUT2D eigenvalue weighted by Crippen LogP contribution is -2.34. The first-order valence-corrected chi connectivity index (χ1v) is 9.85. The van der Waals surface area contributed by atoms with Gasteiger partial charge in [0, 0.05) is 23.4 Å². The number of H-pyrrole nitrogens is 1. The predicted octanol–water partition coefficient (Wildman–Crippen LogP) is 0.249. The summed E-state index contributed by atoms with van der Waals surface area (Å²) in [5, 5.41) is 1.90. The fourth-order valence-electron chi connectivity index (χ4n) is 2.04. The first-order valence-electron chi connectivity index (χ1n) is 5.83. The Morgan fingerprint density at radius 3 is 2.70 bits per heavy atom. The molecular formula is C10H13ClN2O5S2. The van der Waals surface area contributed by atoms with Crippen LogP contribution in [0.4, 0.5) is 0 Å². The molecule has 0 aliphatic carbocycles. The summed E-state index contributed by atoms with van der Waals surface area (Å²) < 4.78 is 45.3. The van der Waals surface area contributed by atoms with Crippen molar-refractivity contribution in [2.75, 3.05) is 12.3 Å². The lowest BCUT2D eigenvalue weighted by molar-refractivity contribution is 0.0949. The molecule has 112 valence electrons. The van der Waals surface area contributed by atoms with Gasteiger partial charge in [0.25, 0.3) is 15.0 Å². The number of sulfone groups is 1. The van der Waals surface area contributed by atoms with Gasteiger partial charge in [-0.3, -0.25) is 4.79 Å². The van der Waals surface area contributed by atoms with Crippen molar-refractivity contribution in [1.82, 2.24) is 10.3 Å². The summed E-state index contributed by atoms with van der Waals surface area (Å²) in [6.45, 7) is 0.0170. The number of hydrogen-bond donors (Lipinski definition) is 2. The van der Waals surface area contributed by atoms with Crippen LogP contribution in [0.15, 0.2) is 17.2 Å². The maximum Gasteiger partial charge on any atom is 0.267 e. The Bertz CT molecular complexity index is 723. The van der Waals surface area contributed by atoms with E-state index >= 15 is 0 Å². The largest absolute Gasteiger partial charge is 0.356 e. The Hall–Kier alpha value is -1.06. The molecule has 1 aromatic heterocycles. The zero-order valence-electron chi connectivity index (χ0n) is 10.3. The minimum absolute atomic E-state index is 0.0135. The first kappa shape index (κ1) is 15.3. The van der Waals surface area contributed by atoms with Crippen molar-refractivity contribution in [3.05, 3.63) is 18.0 Å². The topological polar surface area (TPSA) is 113 Å². The number of nitrogens with one attached hydrogen (secondary N) is 2. The van der Waals surface area contributed by atoms with E-state index in [9.17, 15) is 21.6 Å². The van der Waals surface area contributed by atoms with Crippen molar-refractivity contribution in [2.24, 2.45) is 0 Å². The number of aromatic nitrogens is 1. The molecule has 1 aromatic rings. The molecule has 1 amide bonds. The Morgan fingerprint density at radius 1 is 1.50 bits per heavy atom. The highest BCUT2D eigenvalue weighted by atomic mass is 35.7. The second kappa shape index (κ2) is 5.38. The van der Waals surface area contributed by atoms with Crippen LogP contribution in [0.25, 0.3) is 0 Å². The number of halogens is 1. The number of rotatable bonds is 4. The maximum absolute atomic E-state index is 11.8. The highest BCUT2D eigenvalue weighted by molar-refractivity contribution is 8.13. The molecule has 2 rings (SSSR count). The molecule has 1 aliphatic heterocycles. The van der Waals surface area contributed by atoms with Crippen LogP contribution in [-0.2, 0) is 18.9 Å². The standard InChI is InChI=1S/C10H13ClN2O5S2/c11-20(17,18)8-4-9(12-6-8)10(14)13-5-7-2-1-3-19(7,15)16/h4,6-7,12H,1-3,5H2,(H,13,14). The van der Waals surface area contributed by atoms with E-state index in [1.165, 1.54) is 0 Å². The molecule has 1 aliphatic rings. The van der Waals surface area contributed by atoms with Gasteiger partial charge >= 0.3 is 0 Å². The van der Waals surface area contributed by atoms with E-state index in [1.807, 2.05) is 0 Å². The summed E-state index contributed by atoms with van der Waals surface area (Å²) in [6, 6.07) is 1.10. The van der Waals surface area contributed by atoms with Crippen LogP contribution in [0.3, 0.4) is 0 Å². The summed E-state index contributed by atoms with van der Waals surface area (Å²) in [5.41, 5.74) is 0.0135.